The number of nitriles is 1. The molecule has 1 fully saturated rings. The first-order valence-corrected chi connectivity index (χ1v) is 5.25. The summed E-state index contributed by atoms with van der Waals surface area (Å²) in [7, 11) is 0. The number of aromatic nitrogens is 2. The van der Waals surface area contributed by atoms with Gasteiger partial charge in [0.1, 0.15) is 6.04 Å². The van der Waals surface area contributed by atoms with Crippen LogP contribution in [0.5, 0.6) is 0 Å². The van der Waals surface area contributed by atoms with E-state index in [0.29, 0.717) is 6.04 Å². The molecule has 0 bridgehead atoms. The number of nitrogens with zero attached hydrogens (tertiary/aromatic N) is 3. The van der Waals surface area contributed by atoms with Gasteiger partial charge in [0.25, 0.3) is 0 Å². The molecule has 0 spiro atoms. The molecule has 1 saturated carbocycles. The van der Waals surface area contributed by atoms with Gasteiger partial charge < -0.3 is 0 Å². The number of halogens is 3. The summed E-state index contributed by atoms with van der Waals surface area (Å²) in [5.74, 6) is 0. The van der Waals surface area contributed by atoms with E-state index >= 15 is 0 Å². The Labute approximate surface area is 96.0 Å². The van der Waals surface area contributed by atoms with Gasteiger partial charge in [-0.1, -0.05) is 0 Å². The van der Waals surface area contributed by atoms with Crippen molar-refractivity contribution in [2.75, 3.05) is 0 Å². The molecule has 2 rings (SSSR count). The zero-order valence-corrected chi connectivity index (χ0v) is 8.91. The normalized spacial score (nSPS) is 17.8. The zero-order chi connectivity index (χ0) is 12.5. The first-order chi connectivity index (χ1) is 7.99. The number of hydrogen-bond acceptors (Lipinski definition) is 3. The summed E-state index contributed by atoms with van der Waals surface area (Å²) in [6.45, 7) is 0.128. The molecule has 1 N–H and O–H groups in total. The summed E-state index contributed by atoms with van der Waals surface area (Å²) < 4.78 is 38.0. The Morgan fingerprint density at radius 3 is 2.76 bits per heavy atom. The van der Waals surface area contributed by atoms with E-state index in [2.05, 4.69) is 10.4 Å². The van der Waals surface area contributed by atoms with Crippen molar-refractivity contribution < 1.29 is 13.2 Å². The second kappa shape index (κ2) is 4.37. The molecule has 0 saturated heterocycles. The van der Waals surface area contributed by atoms with E-state index in [1.54, 1.807) is 0 Å². The van der Waals surface area contributed by atoms with Crippen LogP contribution in [-0.4, -0.2) is 21.9 Å². The number of nitrogens with one attached hydrogen (secondary N) is 1. The van der Waals surface area contributed by atoms with Crippen LogP contribution in [0, 0.1) is 11.3 Å². The van der Waals surface area contributed by atoms with Crippen molar-refractivity contribution in [2.24, 2.45) is 0 Å². The van der Waals surface area contributed by atoms with Gasteiger partial charge in [0.15, 0.2) is 5.69 Å². The van der Waals surface area contributed by atoms with Crippen molar-refractivity contribution in [1.82, 2.24) is 15.1 Å². The van der Waals surface area contributed by atoms with Gasteiger partial charge in [-0.15, -0.1) is 0 Å². The summed E-state index contributed by atoms with van der Waals surface area (Å²) in [6.07, 6.45) is -1.16. The third kappa shape index (κ3) is 3.20. The van der Waals surface area contributed by atoms with Crippen molar-refractivity contribution in [1.29, 1.82) is 5.26 Å². The van der Waals surface area contributed by atoms with Gasteiger partial charge in [-0.05, 0) is 18.9 Å². The molecule has 0 aliphatic heterocycles. The summed E-state index contributed by atoms with van der Waals surface area (Å²) in [5.41, 5.74) is -0.930. The molecular formula is C10H11F3N4. The van der Waals surface area contributed by atoms with E-state index < -0.39 is 17.9 Å². The number of alkyl halides is 3. The molecule has 1 aliphatic carbocycles. The Morgan fingerprint density at radius 2 is 2.29 bits per heavy atom. The first-order valence-electron chi connectivity index (χ1n) is 5.25. The third-order valence-electron chi connectivity index (χ3n) is 2.47. The van der Waals surface area contributed by atoms with Gasteiger partial charge in [0.2, 0.25) is 0 Å². The van der Waals surface area contributed by atoms with Crippen molar-refractivity contribution in [3.05, 3.63) is 18.0 Å². The van der Waals surface area contributed by atoms with Gasteiger partial charge >= 0.3 is 6.18 Å². The maximum absolute atomic E-state index is 12.3. The summed E-state index contributed by atoms with van der Waals surface area (Å²) in [4.78, 5) is 0. The Kier molecular flexibility index (Phi) is 3.07. The van der Waals surface area contributed by atoms with E-state index in [4.69, 9.17) is 5.26 Å². The van der Waals surface area contributed by atoms with Crippen LogP contribution in [-0.2, 0) is 12.7 Å². The SMILES string of the molecule is N#CC(Cn1ccc(C(F)(F)F)n1)NC1CC1. The smallest absolute Gasteiger partial charge is 0.298 e. The Morgan fingerprint density at radius 1 is 1.59 bits per heavy atom. The third-order valence-corrected chi connectivity index (χ3v) is 2.47. The van der Waals surface area contributed by atoms with Crippen molar-refractivity contribution in [2.45, 2.75) is 37.6 Å². The van der Waals surface area contributed by atoms with Gasteiger partial charge in [-0.3, -0.25) is 10.00 Å². The average molecular weight is 244 g/mol. The molecule has 17 heavy (non-hydrogen) atoms. The lowest BCUT2D eigenvalue weighted by atomic mass is 10.3. The molecule has 92 valence electrons. The van der Waals surface area contributed by atoms with Crippen LogP contribution >= 0.6 is 0 Å². The van der Waals surface area contributed by atoms with Crippen LogP contribution in [0.15, 0.2) is 12.3 Å². The second-order valence-electron chi connectivity index (χ2n) is 4.04. The summed E-state index contributed by atoms with van der Waals surface area (Å²) >= 11 is 0. The molecule has 1 aromatic rings. The quantitative estimate of drug-likeness (QED) is 0.874. The lowest BCUT2D eigenvalue weighted by Crippen LogP contribution is -2.33. The fourth-order valence-corrected chi connectivity index (χ4v) is 1.47. The van der Waals surface area contributed by atoms with Crippen molar-refractivity contribution in [3.63, 3.8) is 0 Å². The highest BCUT2D eigenvalue weighted by Crippen LogP contribution is 2.27. The lowest BCUT2D eigenvalue weighted by Gasteiger charge is -2.10. The van der Waals surface area contributed by atoms with Crippen LogP contribution in [0.2, 0.25) is 0 Å². The molecule has 1 unspecified atom stereocenters. The Balaban J connectivity index is 1.97. The van der Waals surface area contributed by atoms with Gasteiger partial charge in [-0.25, -0.2) is 0 Å². The predicted molar refractivity (Wildman–Crippen MR) is 52.8 cm³/mol. The minimum atomic E-state index is -4.43. The number of hydrogen-bond donors (Lipinski definition) is 1. The van der Waals surface area contributed by atoms with Gasteiger partial charge in [0, 0.05) is 12.2 Å². The molecule has 7 heteroatoms. The van der Waals surface area contributed by atoms with Gasteiger partial charge in [0.05, 0.1) is 12.6 Å². The molecule has 1 atom stereocenters. The molecule has 0 amide bonds. The molecular weight excluding hydrogens is 233 g/mol. The van der Waals surface area contributed by atoms with Crippen LogP contribution < -0.4 is 5.32 Å². The molecule has 1 aromatic heterocycles. The second-order valence-corrected chi connectivity index (χ2v) is 4.04. The largest absolute Gasteiger partial charge is 0.435 e. The average Bonchev–Trinajstić information content (AvgIpc) is 2.91. The predicted octanol–water partition coefficient (Wildman–Crippen LogP) is 1.55. The van der Waals surface area contributed by atoms with Crippen molar-refractivity contribution in [3.8, 4) is 6.07 Å². The van der Waals surface area contributed by atoms with E-state index in [0.717, 1.165) is 23.6 Å². The van der Waals surface area contributed by atoms with Crippen LogP contribution in [0.3, 0.4) is 0 Å². The maximum Gasteiger partial charge on any atom is 0.435 e. The molecule has 0 radical (unpaired) electrons. The highest BCUT2D eigenvalue weighted by molar-refractivity contribution is 5.04. The number of rotatable bonds is 4. The topological polar surface area (TPSA) is 53.6 Å². The van der Waals surface area contributed by atoms with E-state index in [1.807, 2.05) is 6.07 Å². The molecule has 0 aromatic carbocycles. The van der Waals surface area contributed by atoms with E-state index in [9.17, 15) is 13.2 Å². The zero-order valence-electron chi connectivity index (χ0n) is 8.91. The van der Waals surface area contributed by atoms with Crippen molar-refractivity contribution >= 4 is 0 Å². The standard InChI is InChI=1S/C10H11F3N4/c11-10(12,13)9-3-4-17(16-9)6-8(5-14)15-7-1-2-7/h3-4,7-8,15H,1-2,6H2. The summed E-state index contributed by atoms with van der Waals surface area (Å²) in [6, 6.07) is 2.76. The fraction of sp³-hybridized carbons (Fsp3) is 0.600. The van der Waals surface area contributed by atoms with Crippen LogP contribution in [0.25, 0.3) is 0 Å². The minimum absolute atomic E-state index is 0.128. The van der Waals surface area contributed by atoms with Gasteiger partial charge in [-0.2, -0.15) is 23.5 Å². The lowest BCUT2D eigenvalue weighted by molar-refractivity contribution is -0.141. The van der Waals surface area contributed by atoms with E-state index in [1.165, 1.54) is 6.20 Å². The molecule has 1 aliphatic rings. The van der Waals surface area contributed by atoms with E-state index in [-0.39, 0.29) is 6.54 Å². The van der Waals surface area contributed by atoms with Crippen LogP contribution in [0.4, 0.5) is 13.2 Å². The fourth-order valence-electron chi connectivity index (χ4n) is 1.47. The highest BCUT2D eigenvalue weighted by Gasteiger charge is 2.33. The maximum atomic E-state index is 12.3. The highest BCUT2D eigenvalue weighted by atomic mass is 19.4. The molecule has 4 nitrogen and oxygen atoms in total. The first kappa shape index (κ1) is 11.9. The Hall–Kier alpha value is -1.55. The monoisotopic (exact) mass is 244 g/mol. The Bertz CT molecular complexity index is 427. The minimum Gasteiger partial charge on any atom is -0.298 e. The molecule has 1 heterocycles. The summed E-state index contributed by atoms with van der Waals surface area (Å²) in [5, 5.41) is 15.3. The van der Waals surface area contributed by atoms with Crippen LogP contribution in [0.1, 0.15) is 18.5 Å².